The summed E-state index contributed by atoms with van der Waals surface area (Å²) in [6.45, 7) is 3.34. The average Bonchev–Trinajstić information content (AvgIpc) is 3.06. The summed E-state index contributed by atoms with van der Waals surface area (Å²) in [5, 5.41) is 0. The Morgan fingerprint density at radius 1 is 1.32 bits per heavy atom. The highest BCUT2D eigenvalue weighted by Gasteiger charge is 2.49. The predicted octanol–water partition coefficient (Wildman–Crippen LogP) is 2.65. The molecule has 1 aromatic heterocycles. The summed E-state index contributed by atoms with van der Waals surface area (Å²) in [4.78, 5) is 19.0. The third-order valence-corrected chi connectivity index (χ3v) is 5.04. The second-order valence-corrected chi connectivity index (χ2v) is 6.11. The Balaban J connectivity index is 0.00000121. The number of halogens is 2. The summed E-state index contributed by atoms with van der Waals surface area (Å²) in [6.07, 6.45) is 5.31. The highest BCUT2D eigenvalue weighted by molar-refractivity contribution is 5.85. The van der Waals surface area contributed by atoms with E-state index in [1.165, 1.54) is 12.8 Å². The molecule has 0 aromatic carbocycles. The van der Waals surface area contributed by atoms with Crippen molar-refractivity contribution in [3.63, 3.8) is 0 Å². The van der Waals surface area contributed by atoms with Crippen molar-refractivity contribution in [3.8, 4) is 0 Å². The first-order chi connectivity index (χ1) is 9.70. The molecule has 22 heavy (non-hydrogen) atoms. The number of fused-ring (bicyclic) bond motifs is 2. The fourth-order valence-electron chi connectivity index (χ4n) is 3.95. The summed E-state index contributed by atoms with van der Waals surface area (Å²) >= 11 is 0. The Labute approximate surface area is 144 Å². The van der Waals surface area contributed by atoms with Gasteiger partial charge in [-0.25, -0.2) is 0 Å². The minimum atomic E-state index is 0. The maximum Gasteiger partial charge on any atom is 0.227 e. The van der Waals surface area contributed by atoms with E-state index in [1.807, 2.05) is 30.0 Å². The number of nitrogens with two attached hydrogens (primary N) is 1. The van der Waals surface area contributed by atoms with Crippen molar-refractivity contribution in [1.82, 2.24) is 9.88 Å². The van der Waals surface area contributed by atoms with E-state index in [9.17, 15) is 4.79 Å². The van der Waals surface area contributed by atoms with Gasteiger partial charge in [-0.2, -0.15) is 0 Å². The first-order valence-corrected chi connectivity index (χ1v) is 7.65. The number of nitrogens with zero attached hydrogens (tertiary/aromatic N) is 2. The molecular formula is C16H25Cl2N3O. The second-order valence-electron chi connectivity index (χ2n) is 6.11. The maximum atomic E-state index is 12.8. The van der Waals surface area contributed by atoms with Crippen molar-refractivity contribution in [2.24, 2.45) is 23.5 Å². The number of hydrogen-bond donors (Lipinski definition) is 1. The van der Waals surface area contributed by atoms with Gasteiger partial charge < -0.3 is 10.6 Å². The Morgan fingerprint density at radius 2 is 2.05 bits per heavy atom. The zero-order valence-corrected chi connectivity index (χ0v) is 14.5. The van der Waals surface area contributed by atoms with Crippen molar-refractivity contribution in [1.29, 1.82) is 0 Å². The minimum absolute atomic E-state index is 0. The number of hydrogen-bond acceptors (Lipinski definition) is 3. The van der Waals surface area contributed by atoms with Crippen LogP contribution in [0.15, 0.2) is 24.4 Å². The van der Waals surface area contributed by atoms with Gasteiger partial charge in [-0.3, -0.25) is 9.78 Å². The number of aromatic nitrogens is 1. The van der Waals surface area contributed by atoms with Crippen LogP contribution < -0.4 is 5.73 Å². The summed E-state index contributed by atoms with van der Waals surface area (Å²) in [6, 6.07) is 5.90. The fourth-order valence-corrected chi connectivity index (χ4v) is 3.95. The van der Waals surface area contributed by atoms with E-state index >= 15 is 0 Å². The topological polar surface area (TPSA) is 59.2 Å². The number of carbonyl (C=O) groups excluding carboxylic acids is 1. The first kappa shape index (κ1) is 19.2. The van der Waals surface area contributed by atoms with Gasteiger partial charge in [0.25, 0.3) is 0 Å². The molecule has 2 saturated carbocycles. The zero-order valence-electron chi connectivity index (χ0n) is 12.9. The molecule has 4 nitrogen and oxygen atoms in total. The predicted molar refractivity (Wildman–Crippen MR) is 92.1 cm³/mol. The lowest BCUT2D eigenvalue weighted by molar-refractivity contribution is -0.138. The lowest BCUT2D eigenvalue weighted by Gasteiger charge is -2.32. The van der Waals surface area contributed by atoms with Crippen molar-refractivity contribution in [2.45, 2.75) is 38.8 Å². The molecule has 0 radical (unpaired) electrons. The Hall–Kier alpha value is -0.840. The van der Waals surface area contributed by atoms with Crippen LogP contribution in [-0.4, -0.2) is 28.4 Å². The first-order valence-electron chi connectivity index (χ1n) is 7.65. The van der Waals surface area contributed by atoms with Crippen LogP contribution in [0.3, 0.4) is 0 Å². The Morgan fingerprint density at radius 3 is 2.59 bits per heavy atom. The molecule has 0 aliphatic heterocycles. The minimum Gasteiger partial charge on any atom is -0.337 e. The van der Waals surface area contributed by atoms with Gasteiger partial charge in [0.1, 0.15) is 0 Å². The molecule has 1 amide bonds. The molecular weight excluding hydrogens is 321 g/mol. The molecule has 0 saturated heterocycles. The van der Waals surface area contributed by atoms with Crippen molar-refractivity contribution < 1.29 is 4.79 Å². The maximum absolute atomic E-state index is 12.8. The number of pyridine rings is 1. The van der Waals surface area contributed by atoms with Crippen LogP contribution in [0.5, 0.6) is 0 Å². The molecule has 2 aliphatic carbocycles. The monoisotopic (exact) mass is 345 g/mol. The molecule has 4 atom stereocenters. The molecule has 1 heterocycles. The number of carbonyl (C=O) groups is 1. The Kier molecular flexibility index (Phi) is 7.10. The fraction of sp³-hybridized carbons (Fsp3) is 0.625. The van der Waals surface area contributed by atoms with Crippen LogP contribution in [0.4, 0.5) is 0 Å². The van der Waals surface area contributed by atoms with E-state index in [0.29, 0.717) is 18.4 Å². The van der Waals surface area contributed by atoms with E-state index in [4.69, 9.17) is 5.73 Å². The van der Waals surface area contributed by atoms with Gasteiger partial charge in [0.15, 0.2) is 0 Å². The van der Waals surface area contributed by atoms with Gasteiger partial charge in [-0.1, -0.05) is 6.07 Å². The van der Waals surface area contributed by atoms with E-state index in [2.05, 4.69) is 4.98 Å². The quantitative estimate of drug-likeness (QED) is 0.912. The van der Waals surface area contributed by atoms with Gasteiger partial charge in [-0.15, -0.1) is 24.8 Å². The standard InChI is InChI=1S/C16H23N3O.2ClH/c1-2-19(10-13-5-3-4-8-18-13)16(20)14-11-6-7-12(9-11)15(14)17;;/h3-5,8,11-12,14-15H,2,6-7,9-10,17H2,1H3;2*1H. The highest BCUT2D eigenvalue weighted by Crippen LogP contribution is 2.48. The lowest BCUT2D eigenvalue weighted by Crippen LogP contribution is -2.46. The molecule has 124 valence electrons. The van der Waals surface area contributed by atoms with Gasteiger partial charge >= 0.3 is 0 Å². The van der Waals surface area contributed by atoms with Gasteiger partial charge in [0.2, 0.25) is 5.91 Å². The lowest BCUT2D eigenvalue weighted by atomic mass is 9.84. The van der Waals surface area contributed by atoms with Crippen molar-refractivity contribution >= 4 is 30.7 Å². The van der Waals surface area contributed by atoms with E-state index in [0.717, 1.165) is 18.7 Å². The molecule has 4 unspecified atom stereocenters. The highest BCUT2D eigenvalue weighted by atomic mass is 35.5. The molecule has 0 spiro atoms. The summed E-state index contributed by atoms with van der Waals surface area (Å²) in [5.41, 5.74) is 7.23. The molecule has 1 aromatic rings. The normalized spacial score (nSPS) is 28.6. The van der Waals surface area contributed by atoms with E-state index in [-0.39, 0.29) is 42.7 Å². The molecule has 2 fully saturated rings. The van der Waals surface area contributed by atoms with Gasteiger partial charge in [0.05, 0.1) is 18.2 Å². The molecule has 6 heteroatoms. The van der Waals surface area contributed by atoms with Crippen LogP contribution in [0.25, 0.3) is 0 Å². The molecule has 2 aliphatic rings. The van der Waals surface area contributed by atoms with Crippen LogP contribution in [0, 0.1) is 17.8 Å². The third kappa shape index (κ3) is 3.55. The van der Waals surface area contributed by atoms with Crippen LogP contribution in [-0.2, 0) is 11.3 Å². The van der Waals surface area contributed by atoms with Crippen LogP contribution >= 0.6 is 24.8 Å². The molecule has 2 bridgehead atoms. The summed E-state index contributed by atoms with van der Waals surface area (Å²) in [7, 11) is 0. The average molecular weight is 346 g/mol. The van der Waals surface area contributed by atoms with Gasteiger partial charge in [-0.05, 0) is 50.2 Å². The van der Waals surface area contributed by atoms with E-state index < -0.39 is 0 Å². The third-order valence-electron chi connectivity index (χ3n) is 5.04. The SMILES string of the molecule is CCN(Cc1ccccn1)C(=O)C1C2CCC(C2)C1N.Cl.Cl. The van der Waals surface area contributed by atoms with Gasteiger partial charge in [0, 0.05) is 18.8 Å². The van der Waals surface area contributed by atoms with Crippen LogP contribution in [0.2, 0.25) is 0 Å². The van der Waals surface area contributed by atoms with Crippen molar-refractivity contribution in [3.05, 3.63) is 30.1 Å². The zero-order chi connectivity index (χ0) is 14.1. The smallest absolute Gasteiger partial charge is 0.227 e. The number of amides is 1. The Bertz CT molecular complexity index is 484. The second kappa shape index (κ2) is 8.14. The largest absolute Gasteiger partial charge is 0.337 e. The van der Waals surface area contributed by atoms with Crippen LogP contribution in [0.1, 0.15) is 31.9 Å². The van der Waals surface area contributed by atoms with E-state index in [1.54, 1.807) is 6.20 Å². The molecule has 2 N–H and O–H groups in total. The number of rotatable bonds is 4. The molecule has 3 rings (SSSR count). The summed E-state index contributed by atoms with van der Waals surface area (Å²) in [5.74, 6) is 1.36. The summed E-state index contributed by atoms with van der Waals surface area (Å²) < 4.78 is 0. The van der Waals surface area contributed by atoms with Crippen molar-refractivity contribution in [2.75, 3.05) is 6.54 Å².